The van der Waals surface area contributed by atoms with Gasteiger partial charge >= 0.3 is 5.97 Å². The molecule has 0 fully saturated rings. The number of hydrogen-bond acceptors (Lipinski definition) is 3. The van der Waals surface area contributed by atoms with Crippen LogP contribution >= 0.6 is 11.6 Å². The first kappa shape index (κ1) is 13.8. The number of rotatable bonds is 3. The molecular weight excluding hydrogens is 238 g/mol. The van der Waals surface area contributed by atoms with E-state index in [-0.39, 0.29) is 17.1 Å². The molecule has 0 saturated heterocycles. The molecule has 1 aromatic carbocycles. The fourth-order valence-corrected chi connectivity index (χ4v) is 1.50. The van der Waals surface area contributed by atoms with Gasteiger partial charge in [0.25, 0.3) is 0 Å². The zero-order chi connectivity index (χ0) is 13.1. The van der Waals surface area contributed by atoms with Gasteiger partial charge in [0.05, 0.1) is 10.7 Å². The Bertz CT molecular complexity index is 390. The quantitative estimate of drug-likeness (QED) is 0.510. The van der Waals surface area contributed by atoms with E-state index in [0.29, 0.717) is 17.1 Å². The Labute approximate surface area is 107 Å². The van der Waals surface area contributed by atoms with Crippen molar-refractivity contribution < 1.29 is 9.53 Å². The summed E-state index contributed by atoms with van der Waals surface area (Å²) in [6.45, 7) is 6.22. The summed E-state index contributed by atoms with van der Waals surface area (Å²) in [5, 5.41) is 0.356. The van der Waals surface area contributed by atoms with Crippen molar-refractivity contribution in [2.24, 2.45) is 5.41 Å². The lowest BCUT2D eigenvalue weighted by molar-refractivity contribution is -0.134. The number of hydrogen-bond donors (Lipinski definition) is 1. The van der Waals surface area contributed by atoms with Gasteiger partial charge in [-0.05, 0) is 24.0 Å². The molecule has 17 heavy (non-hydrogen) atoms. The van der Waals surface area contributed by atoms with Gasteiger partial charge in [-0.3, -0.25) is 4.79 Å². The van der Waals surface area contributed by atoms with E-state index in [9.17, 15) is 4.79 Å². The number of nitrogen functional groups attached to an aromatic ring is 1. The summed E-state index contributed by atoms with van der Waals surface area (Å²) in [5.41, 5.74) is 6.17. The minimum absolute atomic E-state index is 0.102. The second kappa shape index (κ2) is 5.41. The minimum Gasteiger partial charge on any atom is -0.423 e. The molecule has 0 spiro atoms. The van der Waals surface area contributed by atoms with Crippen molar-refractivity contribution in [2.75, 3.05) is 5.73 Å². The number of benzene rings is 1. The van der Waals surface area contributed by atoms with Gasteiger partial charge in [-0.1, -0.05) is 38.4 Å². The van der Waals surface area contributed by atoms with E-state index < -0.39 is 0 Å². The van der Waals surface area contributed by atoms with Crippen LogP contribution < -0.4 is 10.5 Å². The molecule has 0 radical (unpaired) electrons. The number of esters is 1. The number of halogens is 1. The molecule has 0 saturated carbocycles. The topological polar surface area (TPSA) is 52.3 Å². The molecule has 1 rings (SSSR count). The smallest absolute Gasteiger partial charge is 0.311 e. The molecule has 4 heteroatoms. The summed E-state index contributed by atoms with van der Waals surface area (Å²) in [7, 11) is 0. The van der Waals surface area contributed by atoms with Crippen LogP contribution in [-0.4, -0.2) is 5.97 Å². The van der Waals surface area contributed by atoms with Crippen LogP contribution in [-0.2, 0) is 4.79 Å². The van der Waals surface area contributed by atoms with Gasteiger partial charge in [-0.2, -0.15) is 0 Å². The molecule has 94 valence electrons. The summed E-state index contributed by atoms with van der Waals surface area (Å²) < 4.78 is 5.18. The van der Waals surface area contributed by atoms with Crippen molar-refractivity contribution >= 4 is 23.3 Å². The van der Waals surface area contributed by atoms with Crippen molar-refractivity contribution in [1.82, 2.24) is 0 Å². The van der Waals surface area contributed by atoms with Gasteiger partial charge in [0.1, 0.15) is 0 Å². The van der Waals surface area contributed by atoms with Crippen LogP contribution in [0.2, 0.25) is 5.02 Å². The lowest BCUT2D eigenvalue weighted by Gasteiger charge is -2.17. The van der Waals surface area contributed by atoms with E-state index >= 15 is 0 Å². The van der Waals surface area contributed by atoms with Crippen LogP contribution in [0.5, 0.6) is 5.75 Å². The molecule has 1 aromatic rings. The monoisotopic (exact) mass is 255 g/mol. The average Bonchev–Trinajstić information content (AvgIpc) is 2.20. The second-order valence-corrected chi connectivity index (χ2v) is 5.60. The van der Waals surface area contributed by atoms with Crippen LogP contribution in [0, 0.1) is 5.41 Å². The Kier molecular flexibility index (Phi) is 4.40. The number of para-hydroxylation sites is 1. The number of ether oxygens (including phenoxy) is 1. The Hall–Kier alpha value is -1.22. The van der Waals surface area contributed by atoms with E-state index in [0.717, 1.165) is 6.42 Å². The van der Waals surface area contributed by atoms with Crippen molar-refractivity contribution in [3.8, 4) is 5.75 Å². The molecule has 0 aliphatic rings. The molecule has 2 N–H and O–H groups in total. The molecular formula is C13H18ClNO2. The van der Waals surface area contributed by atoms with Crippen molar-refractivity contribution in [1.29, 1.82) is 0 Å². The van der Waals surface area contributed by atoms with E-state index in [4.69, 9.17) is 22.1 Å². The van der Waals surface area contributed by atoms with Crippen LogP contribution in [0.4, 0.5) is 5.69 Å². The predicted molar refractivity (Wildman–Crippen MR) is 70.2 cm³/mol. The van der Waals surface area contributed by atoms with Crippen LogP contribution in [0.1, 0.15) is 33.6 Å². The number of nitrogens with two attached hydrogens (primary N) is 1. The number of anilines is 1. The van der Waals surface area contributed by atoms with Gasteiger partial charge in [-0.15, -0.1) is 0 Å². The Morgan fingerprint density at radius 3 is 2.59 bits per heavy atom. The molecule has 0 aromatic heterocycles. The van der Waals surface area contributed by atoms with Crippen molar-refractivity contribution in [3.63, 3.8) is 0 Å². The standard InChI is InChI=1S/C13H18ClNO2/c1-13(2,3)8-7-11(16)17-12-9(14)5-4-6-10(12)15/h4-6H,7-8,15H2,1-3H3. The largest absolute Gasteiger partial charge is 0.423 e. The normalized spacial score (nSPS) is 11.3. The fourth-order valence-electron chi connectivity index (χ4n) is 1.28. The van der Waals surface area contributed by atoms with Gasteiger partial charge in [0.15, 0.2) is 5.75 Å². The maximum atomic E-state index is 11.6. The Morgan fingerprint density at radius 1 is 1.41 bits per heavy atom. The Balaban J connectivity index is 2.63. The van der Waals surface area contributed by atoms with Crippen LogP contribution in [0.15, 0.2) is 18.2 Å². The van der Waals surface area contributed by atoms with E-state index in [1.807, 2.05) is 0 Å². The maximum absolute atomic E-state index is 11.6. The molecule has 0 atom stereocenters. The second-order valence-electron chi connectivity index (χ2n) is 5.19. The van der Waals surface area contributed by atoms with Gasteiger partial charge < -0.3 is 10.5 Å². The maximum Gasteiger partial charge on any atom is 0.311 e. The van der Waals surface area contributed by atoms with Gasteiger partial charge in [-0.25, -0.2) is 0 Å². The van der Waals surface area contributed by atoms with Crippen LogP contribution in [0.25, 0.3) is 0 Å². The summed E-state index contributed by atoms with van der Waals surface area (Å²) in [5.74, 6) is -0.0483. The lowest BCUT2D eigenvalue weighted by Crippen LogP contribution is -2.14. The fraction of sp³-hybridized carbons (Fsp3) is 0.462. The van der Waals surface area contributed by atoms with E-state index in [1.54, 1.807) is 18.2 Å². The molecule has 0 amide bonds. The zero-order valence-electron chi connectivity index (χ0n) is 10.4. The predicted octanol–water partition coefficient (Wildman–Crippen LogP) is 3.65. The summed E-state index contributed by atoms with van der Waals surface area (Å²) in [4.78, 5) is 11.6. The third kappa shape index (κ3) is 4.65. The molecule has 0 heterocycles. The minimum atomic E-state index is -0.306. The first-order valence-electron chi connectivity index (χ1n) is 5.54. The first-order chi connectivity index (χ1) is 7.79. The number of carbonyl (C=O) groups excluding carboxylic acids is 1. The number of carbonyl (C=O) groups is 1. The molecule has 0 unspecified atom stereocenters. The van der Waals surface area contributed by atoms with Crippen molar-refractivity contribution in [2.45, 2.75) is 33.6 Å². The van der Waals surface area contributed by atoms with Gasteiger partial charge in [0.2, 0.25) is 0 Å². The molecule has 3 nitrogen and oxygen atoms in total. The SMILES string of the molecule is CC(C)(C)CCC(=O)Oc1c(N)cccc1Cl. The molecule has 0 bridgehead atoms. The Morgan fingerprint density at radius 2 is 2.06 bits per heavy atom. The van der Waals surface area contributed by atoms with E-state index in [1.165, 1.54) is 0 Å². The van der Waals surface area contributed by atoms with Gasteiger partial charge in [0, 0.05) is 6.42 Å². The summed E-state index contributed by atoms with van der Waals surface area (Å²) >= 11 is 5.91. The highest BCUT2D eigenvalue weighted by atomic mass is 35.5. The summed E-state index contributed by atoms with van der Waals surface area (Å²) in [6.07, 6.45) is 1.12. The molecule has 0 aliphatic heterocycles. The van der Waals surface area contributed by atoms with Crippen LogP contribution in [0.3, 0.4) is 0 Å². The third-order valence-electron chi connectivity index (χ3n) is 2.29. The highest BCUT2D eigenvalue weighted by Crippen LogP contribution is 2.31. The average molecular weight is 256 g/mol. The summed E-state index contributed by atoms with van der Waals surface area (Å²) in [6, 6.07) is 5.01. The molecule has 0 aliphatic carbocycles. The third-order valence-corrected chi connectivity index (χ3v) is 2.59. The first-order valence-corrected chi connectivity index (χ1v) is 5.92. The highest BCUT2D eigenvalue weighted by molar-refractivity contribution is 6.32. The zero-order valence-corrected chi connectivity index (χ0v) is 11.2. The highest BCUT2D eigenvalue weighted by Gasteiger charge is 2.16. The van der Waals surface area contributed by atoms with E-state index in [2.05, 4.69) is 20.8 Å². The van der Waals surface area contributed by atoms with Crippen molar-refractivity contribution in [3.05, 3.63) is 23.2 Å². The lowest BCUT2D eigenvalue weighted by atomic mass is 9.91.